The van der Waals surface area contributed by atoms with E-state index in [1.807, 2.05) is 0 Å². The van der Waals surface area contributed by atoms with Gasteiger partial charge in [-0.25, -0.2) is 4.98 Å². The van der Waals surface area contributed by atoms with E-state index in [-0.39, 0.29) is 23.7 Å². The number of imide groups is 1. The third-order valence-corrected chi connectivity index (χ3v) is 2.53. The summed E-state index contributed by atoms with van der Waals surface area (Å²) in [5.74, 6) is -2.18. The van der Waals surface area contributed by atoms with Crippen molar-refractivity contribution in [1.29, 1.82) is 0 Å². The number of nitrogens with one attached hydrogen (secondary N) is 1. The highest BCUT2D eigenvalue weighted by Crippen LogP contribution is 2.24. The van der Waals surface area contributed by atoms with E-state index in [1.54, 1.807) is 0 Å². The van der Waals surface area contributed by atoms with Gasteiger partial charge in [0.1, 0.15) is 5.69 Å². The van der Waals surface area contributed by atoms with E-state index in [4.69, 9.17) is 5.73 Å². The van der Waals surface area contributed by atoms with Gasteiger partial charge in [0.15, 0.2) is 0 Å². The number of primary amides is 1. The number of nitrogens with two attached hydrogens (primary N) is 1. The van der Waals surface area contributed by atoms with Crippen LogP contribution in [0, 0.1) is 0 Å². The number of hydrogen-bond donors (Lipinski definition) is 2. The third kappa shape index (κ3) is 2.12. The van der Waals surface area contributed by atoms with E-state index in [2.05, 4.69) is 15.3 Å². The number of hydrogen-bond acceptors (Lipinski definition) is 5. The standard InChI is InChI=1S/C10H10N4O3/c11-9(16)8-7(12-3-4-13-8)5-1-2-6(15)14-10(5)17/h3-5H,1-2H2,(H2,11,16)(H,14,15,17)/t5-/m0/s1. The van der Waals surface area contributed by atoms with Gasteiger partial charge in [0.25, 0.3) is 5.91 Å². The van der Waals surface area contributed by atoms with Crippen molar-refractivity contribution >= 4 is 17.7 Å². The quantitative estimate of drug-likeness (QED) is 0.643. The van der Waals surface area contributed by atoms with Crippen LogP contribution >= 0.6 is 0 Å². The first-order chi connectivity index (χ1) is 8.09. The predicted molar refractivity (Wildman–Crippen MR) is 55.7 cm³/mol. The van der Waals surface area contributed by atoms with Gasteiger partial charge in [-0.3, -0.25) is 24.7 Å². The Kier molecular flexibility index (Phi) is 2.82. The second-order valence-electron chi connectivity index (χ2n) is 3.66. The van der Waals surface area contributed by atoms with Crippen LogP contribution in [-0.4, -0.2) is 27.7 Å². The van der Waals surface area contributed by atoms with Crippen molar-refractivity contribution in [2.24, 2.45) is 5.73 Å². The largest absolute Gasteiger partial charge is 0.364 e. The van der Waals surface area contributed by atoms with Gasteiger partial charge in [0.05, 0.1) is 11.6 Å². The van der Waals surface area contributed by atoms with E-state index in [9.17, 15) is 14.4 Å². The van der Waals surface area contributed by atoms with Gasteiger partial charge in [0.2, 0.25) is 11.8 Å². The fraction of sp³-hybridized carbons (Fsp3) is 0.300. The summed E-state index contributed by atoms with van der Waals surface area (Å²) < 4.78 is 0. The molecule has 3 N–H and O–H groups in total. The van der Waals surface area contributed by atoms with Gasteiger partial charge in [-0.05, 0) is 6.42 Å². The summed E-state index contributed by atoms with van der Waals surface area (Å²) in [6, 6.07) is 0. The molecule has 3 amide bonds. The Hall–Kier alpha value is -2.31. The van der Waals surface area contributed by atoms with E-state index < -0.39 is 17.7 Å². The molecule has 0 spiro atoms. The van der Waals surface area contributed by atoms with Gasteiger partial charge < -0.3 is 5.73 Å². The van der Waals surface area contributed by atoms with Gasteiger partial charge >= 0.3 is 0 Å². The molecule has 1 saturated heterocycles. The number of carbonyl (C=O) groups excluding carboxylic acids is 3. The normalized spacial score (nSPS) is 19.9. The molecular weight excluding hydrogens is 224 g/mol. The van der Waals surface area contributed by atoms with Crippen LogP contribution in [-0.2, 0) is 9.59 Å². The summed E-state index contributed by atoms with van der Waals surface area (Å²) in [6.07, 6.45) is 3.23. The molecule has 0 bridgehead atoms. The first-order valence-electron chi connectivity index (χ1n) is 5.04. The Morgan fingerprint density at radius 1 is 1.35 bits per heavy atom. The van der Waals surface area contributed by atoms with E-state index in [0.717, 1.165) is 0 Å². The Balaban J connectivity index is 2.37. The van der Waals surface area contributed by atoms with Crippen LogP contribution in [0.3, 0.4) is 0 Å². The van der Waals surface area contributed by atoms with Gasteiger partial charge in [0, 0.05) is 18.8 Å². The van der Waals surface area contributed by atoms with Crippen molar-refractivity contribution in [1.82, 2.24) is 15.3 Å². The van der Waals surface area contributed by atoms with Crippen molar-refractivity contribution in [3.05, 3.63) is 23.8 Å². The lowest BCUT2D eigenvalue weighted by molar-refractivity contribution is -0.134. The molecule has 0 radical (unpaired) electrons. The van der Waals surface area contributed by atoms with Gasteiger partial charge in [-0.1, -0.05) is 0 Å². The highest BCUT2D eigenvalue weighted by Gasteiger charge is 2.32. The Labute approximate surface area is 96.4 Å². The molecule has 1 aliphatic rings. The molecule has 88 valence electrons. The average Bonchev–Trinajstić information content (AvgIpc) is 2.29. The highest BCUT2D eigenvalue weighted by atomic mass is 16.2. The number of piperidine rings is 1. The molecule has 7 heteroatoms. The lowest BCUT2D eigenvalue weighted by Gasteiger charge is -2.20. The maximum absolute atomic E-state index is 11.6. The molecule has 1 fully saturated rings. The lowest BCUT2D eigenvalue weighted by Crippen LogP contribution is -2.40. The smallest absolute Gasteiger partial charge is 0.269 e. The molecule has 7 nitrogen and oxygen atoms in total. The number of amides is 3. The summed E-state index contributed by atoms with van der Waals surface area (Å²) in [4.78, 5) is 41.6. The minimum atomic E-state index is -0.738. The molecule has 1 aromatic heterocycles. The van der Waals surface area contributed by atoms with Crippen LogP contribution in [0.5, 0.6) is 0 Å². The molecule has 1 atom stereocenters. The molecule has 0 aliphatic carbocycles. The van der Waals surface area contributed by atoms with Crippen molar-refractivity contribution in [3.8, 4) is 0 Å². The maximum atomic E-state index is 11.6. The minimum absolute atomic E-state index is 0.0259. The summed E-state index contributed by atoms with van der Waals surface area (Å²) in [7, 11) is 0. The van der Waals surface area contributed by atoms with Crippen molar-refractivity contribution in [3.63, 3.8) is 0 Å². The summed E-state index contributed by atoms with van der Waals surface area (Å²) in [5, 5.41) is 2.20. The Morgan fingerprint density at radius 3 is 2.71 bits per heavy atom. The summed E-state index contributed by atoms with van der Waals surface area (Å²) >= 11 is 0. The highest BCUT2D eigenvalue weighted by molar-refractivity contribution is 6.02. The minimum Gasteiger partial charge on any atom is -0.364 e. The number of carbonyl (C=O) groups is 3. The summed E-state index contributed by atoms with van der Waals surface area (Å²) in [5.41, 5.74) is 5.35. The van der Waals surface area contributed by atoms with E-state index >= 15 is 0 Å². The molecule has 2 rings (SSSR count). The van der Waals surface area contributed by atoms with E-state index in [0.29, 0.717) is 6.42 Å². The van der Waals surface area contributed by atoms with Gasteiger partial charge in [-0.2, -0.15) is 0 Å². The molecule has 1 aliphatic heterocycles. The number of nitrogens with zero attached hydrogens (tertiary/aromatic N) is 2. The monoisotopic (exact) mass is 234 g/mol. The second kappa shape index (κ2) is 4.28. The van der Waals surface area contributed by atoms with Crippen molar-refractivity contribution < 1.29 is 14.4 Å². The zero-order valence-corrected chi connectivity index (χ0v) is 8.84. The SMILES string of the molecule is NC(=O)c1nccnc1[C@@H]1CCC(=O)NC1=O. The molecule has 1 aromatic rings. The van der Waals surface area contributed by atoms with E-state index in [1.165, 1.54) is 12.4 Å². The number of rotatable bonds is 2. The molecule has 2 heterocycles. The van der Waals surface area contributed by atoms with Gasteiger partial charge in [-0.15, -0.1) is 0 Å². The molecule has 17 heavy (non-hydrogen) atoms. The zero-order chi connectivity index (χ0) is 12.4. The van der Waals surface area contributed by atoms with Crippen LogP contribution in [0.4, 0.5) is 0 Å². The van der Waals surface area contributed by atoms with Crippen LogP contribution in [0.1, 0.15) is 34.9 Å². The second-order valence-corrected chi connectivity index (χ2v) is 3.66. The summed E-state index contributed by atoms with van der Waals surface area (Å²) in [6.45, 7) is 0. The molecule has 0 saturated carbocycles. The molecular formula is C10H10N4O3. The first kappa shape index (κ1) is 11.2. The van der Waals surface area contributed by atoms with Crippen molar-refractivity contribution in [2.45, 2.75) is 18.8 Å². The average molecular weight is 234 g/mol. The molecule has 0 aromatic carbocycles. The zero-order valence-electron chi connectivity index (χ0n) is 8.84. The predicted octanol–water partition coefficient (Wildman–Crippen LogP) is -0.904. The Bertz CT molecular complexity index is 500. The molecule has 0 unspecified atom stereocenters. The van der Waals surface area contributed by atoms with Crippen molar-refractivity contribution in [2.75, 3.05) is 0 Å². The van der Waals surface area contributed by atoms with Crippen LogP contribution in [0.2, 0.25) is 0 Å². The lowest BCUT2D eigenvalue weighted by atomic mass is 9.93. The van der Waals surface area contributed by atoms with Crippen LogP contribution in [0.15, 0.2) is 12.4 Å². The third-order valence-electron chi connectivity index (χ3n) is 2.53. The van der Waals surface area contributed by atoms with Crippen LogP contribution in [0.25, 0.3) is 0 Å². The Morgan fingerprint density at radius 2 is 2.06 bits per heavy atom. The van der Waals surface area contributed by atoms with Crippen LogP contribution < -0.4 is 11.1 Å². The first-order valence-corrected chi connectivity index (χ1v) is 5.04. The number of aromatic nitrogens is 2. The maximum Gasteiger partial charge on any atom is 0.269 e. The fourth-order valence-electron chi connectivity index (χ4n) is 1.75. The fourth-order valence-corrected chi connectivity index (χ4v) is 1.75. The topological polar surface area (TPSA) is 115 Å².